The molecule has 0 aromatic heterocycles. The Hall–Kier alpha value is -8.86. The predicted molar refractivity (Wildman–Crippen MR) is 184 cm³/mol. The molecular weight excluding hydrogens is 1020 g/mol. The molecule has 4 aliphatic heterocycles. The fourth-order valence-electron chi connectivity index (χ4n) is 7.19. The maximum atomic E-state index is 14.6. The van der Waals surface area contributed by atoms with Crippen LogP contribution in [-0.4, -0.2) is 60.1 Å². The summed E-state index contributed by atoms with van der Waals surface area (Å²) in [6.45, 7) is 0. The standard InChI is InChI=1S/C22F10O8.C19H6F6O6/c23-5-1-3(21(35)39-19(1)33)7(25)15(9(5)27)37-17-11(29)13(31)18(14(32)12(17)30)38-16-8(26)4-2(6(24)10(16)28)20(34)40-22(4)36;20-18(21,22)17(19(23,24)25,7-1-3-9-11(5-7)15(28)30-13(9)26)8-2-4-10-12(6-8)16(29)31-14(10)27/h;1-6H. The molecule has 9 rings (SSSR count). The molecule has 4 heterocycles. The lowest BCUT2D eigenvalue weighted by molar-refractivity contribution is -0.288. The summed E-state index contributed by atoms with van der Waals surface area (Å²) in [5.74, 6) is -47.0. The minimum absolute atomic E-state index is 0.278. The van der Waals surface area contributed by atoms with Gasteiger partial charge in [-0.25, -0.2) is 55.9 Å². The number of halogens is 16. The molecule has 4 aliphatic rings. The van der Waals surface area contributed by atoms with Gasteiger partial charge in [0, 0.05) is 0 Å². The quantitative estimate of drug-likeness (QED) is 0.0514. The molecule has 0 bridgehead atoms. The predicted octanol–water partition coefficient (Wildman–Crippen LogP) is 9.00. The molecule has 0 amide bonds. The molecule has 5 aromatic carbocycles. The van der Waals surface area contributed by atoms with Crippen LogP contribution in [0, 0.1) is 58.2 Å². The zero-order valence-electron chi connectivity index (χ0n) is 32.7. The zero-order valence-corrected chi connectivity index (χ0v) is 32.7. The first kappa shape index (κ1) is 48.6. The smallest absolute Gasteiger partial charge is 0.411 e. The molecule has 0 unspecified atom stereocenters. The van der Waals surface area contributed by atoms with Crippen molar-refractivity contribution < 1.29 is 137 Å². The minimum Gasteiger partial charge on any atom is -0.445 e. The Morgan fingerprint density at radius 1 is 0.310 bits per heavy atom. The third-order valence-corrected chi connectivity index (χ3v) is 10.3. The molecule has 71 heavy (non-hydrogen) atoms. The summed E-state index contributed by atoms with van der Waals surface area (Å²) in [7, 11) is 0. The Morgan fingerprint density at radius 2 is 0.549 bits per heavy atom. The number of alkyl halides is 6. The van der Waals surface area contributed by atoms with Crippen LogP contribution >= 0.6 is 0 Å². The van der Waals surface area contributed by atoms with E-state index in [0.717, 1.165) is 0 Å². The van der Waals surface area contributed by atoms with E-state index in [-0.39, 0.29) is 12.1 Å². The zero-order chi connectivity index (χ0) is 52.5. The first-order valence-electron chi connectivity index (χ1n) is 18.1. The monoisotopic (exact) mass is 1030 g/mol. The summed E-state index contributed by atoms with van der Waals surface area (Å²) in [5.41, 5.74) is -16.4. The number of fused-ring (bicyclic) bond motifs is 4. The van der Waals surface area contributed by atoms with Crippen LogP contribution in [-0.2, 0) is 24.4 Å². The largest absolute Gasteiger partial charge is 0.445 e. The first-order valence-corrected chi connectivity index (χ1v) is 18.1. The van der Waals surface area contributed by atoms with Gasteiger partial charge in [0.1, 0.15) is 22.3 Å². The molecular formula is C41H6F16O14. The van der Waals surface area contributed by atoms with Gasteiger partial charge < -0.3 is 28.4 Å². The average Bonchev–Trinajstić information content (AvgIpc) is 3.96. The Kier molecular flexibility index (Phi) is 11.0. The van der Waals surface area contributed by atoms with Gasteiger partial charge in [0.15, 0.2) is 23.3 Å². The molecule has 0 saturated heterocycles. The van der Waals surface area contributed by atoms with Gasteiger partial charge >= 0.3 is 60.1 Å². The lowest BCUT2D eigenvalue weighted by Gasteiger charge is -2.38. The molecule has 30 heteroatoms. The molecule has 0 N–H and O–H groups in total. The number of esters is 8. The van der Waals surface area contributed by atoms with E-state index in [1.54, 1.807) is 0 Å². The second-order valence-corrected chi connectivity index (χ2v) is 14.1. The first-order chi connectivity index (χ1) is 33.0. The number of carbonyl (C=O) groups excluding carboxylic acids is 8. The molecule has 0 aliphatic carbocycles. The minimum atomic E-state index is -6.02. The van der Waals surface area contributed by atoms with Gasteiger partial charge in [0.25, 0.3) is 0 Å². The van der Waals surface area contributed by atoms with E-state index in [0.29, 0.717) is 24.3 Å². The Labute approximate surface area is 375 Å². The van der Waals surface area contributed by atoms with E-state index in [4.69, 9.17) is 0 Å². The van der Waals surface area contributed by atoms with Crippen molar-refractivity contribution in [2.24, 2.45) is 0 Å². The lowest BCUT2D eigenvalue weighted by atomic mass is 9.71. The van der Waals surface area contributed by atoms with E-state index >= 15 is 0 Å². The lowest BCUT2D eigenvalue weighted by Crippen LogP contribution is -2.55. The number of benzene rings is 5. The number of ether oxygens (including phenoxy) is 6. The van der Waals surface area contributed by atoms with Crippen LogP contribution < -0.4 is 9.47 Å². The van der Waals surface area contributed by atoms with Crippen LogP contribution in [0.5, 0.6) is 23.0 Å². The maximum Gasteiger partial charge on any atom is 0.411 e. The van der Waals surface area contributed by atoms with Crippen molar-refractivity contribution in [1.29, 1.82) is 0 Å². The third-order valence-electron chi connectivity index (χ3n) is 10.3. The second-order valence-electron chi connectivity index (χ2n) is 14.1. The summed E-state index contributed by atoms with van der Waals surface area (Å²) in [6.07, 6.45) is -12.0. The molecule has 5 aromatic rings. The van der Waals surface area contributed by atoms with Crippen molar-refractivity contribution in [3.63, 3.8) is 0 Å². The summed E-state index contributed by atoms with van der Waals surface area (Å²) in [5, 5.41) is 0. The molecule has 0 fully saturated rings. The number of carbonyl (C=O) groups is 8. The number of hydrogen-bond acceptors (Lipinski definition) is 14. The van der Waals surface area contributed by atoms with Crippen molar-refractivity contribution in [1.82, 2.24) is 0 Å². The van der Waals surface area contributed by atoms with Gasteiger partial charge in [-0.05, 0) is 35.4 Å². The number of cyclic esters (lactones) is 8. The van der Waals surface area contributed by atoms with Crippen molar-refractivity contribution in [3.8, 4) is 23.0 Å². The van der Waals surface area contributed by atoms with Crippen LogP contribution in [0.25, 0.3) is 0 Å². The van der Waals surface area contributed by atoms with Crippen molar-refractivity contribution in [2.45, 2.75) is 17.8 Å². The Bertz CT molecular complexity index is 3160. The highest BCUT2D eigenvalue weighted by atomic mass is 19.4. The Balaban J connectivity index is 0.000000197. The van der Waals surface area contributed by atoms with Crippen LogP contribution in [0.1, 0.15) is 94.0 Å². The second kappa shape index (κ2) is 16.1. The molecule has 0 atom stereocenters. The average molecular weight is 1030 g/mol. The van der Waals surface area contributed by atoms with Gasteiger partial charge in [0.05, 0.1) is 22.3 Å². The van der Waals surface area contributed by atoms with E-state index < -0.39 is 202 Å². The molecule has 0 radical (unpaired) electrons. The van der Waals surface area contributed by atoms with Crippen LogP contribution in [0.3, 0.4) is 0 Å². The fraction of sp³-hybridized carbons (Fsp3) is 0.0732. The van der Waals surface area contributed by atoms with E-state index in [1.807, 2.05) is 0 Å². The molecule has 0 spiro atoms. The highest BCUT2D eigenvalue weighted by molar-refractivity contribution is 6.17. The normalized spacial score (nSPS) is 14.9. The van der Waals surface area contributed by atoms with Crippen molar-refractivity contribution in [3.05, 3.63) is 150 Å². The summed E-state index contributed by atoms with van der Waals surface area (Å²) in [4.78, 5) is 92.4. The Morgan fingerprint density at radius 3 is 0.845 bits per heavy atom. The van der Waals surface area contributed by atoms with Crippen LogP contribution in [0.2, 0.25) is 0 Å². The van der Waals surface area contributed by atoms with Crippen LogP contribution in [0.15, 0.2) is 36.4 Å². The van der Waals surface area contributed by atoms with Crippen molar-refractivity contribution in [2.75, 3.05) is 0 Å². The SMILES string of the molecule is O=C1OC(=O)c2c(F)c(Oc3c(F)c(F)c(Oc4c(F)c(F)c5c(c4F)C(=O)OC5=O)c(F)c3F)c(F)c(F)c21.O=C1OC(=O)c2cc(C(c3ccc4c(c3)C(=O)OC4=O)(C(F)(F)F)C(F)(F)F)ccc21. The highest BCUT2D eigenvalue weighted by Gasteiger charge is 2.73. The van der Waals surface area contributed by atoms with Crippen LogP contribution in [0.4, 0.5) is 70.2 Å². The topological polar surface area (TPSA) is 192 Å². The van der Waals surface area contributed by atoms with Gasteiger partial charge in [-0.2, -0.15) is 52.7 Å². The van der Waals surface area contributed by atoms with Gasteiger partial charge in [-0.3, -0.25) is 0 Å². The van der Waals surface area contributed by atoms with E-state index in [9.17, 15) is 109 Å². The highest BCUT2D eigenvalue weighted by Crippen LogP contribution is 2.57. The summed E-state index contributed by atoms with van der Waals surface area (Å²) in [6, 6.07) is 2.60. The third kappa shape index (κ3) is 6.97. The maximum absolute atomic E-state index is 14.6. The van der Waals surface area contributed by atoms with Gasteiger partial charge in [-0.15, -0.1) is 0 Å². The number of rotatable bonds is 6. The van der Waals surface area contributed by atoms with E-state index in [2.05, 4.69) is 28.4 Å². The van der Waals surface area contributed by atoms with Gasteiger partial charge in [0.2, 0.25) is 63.3 Å². The van der Waals surface area contributed by atoms with E-state index in [1.165, 1.54) is 0 Å². The van der Waals surface area contributed by atoms with Gasteiger partial charge in [-0.1, -0.05) is 12.1 Å². The summed E-state index contributed by atoms with van der Waals surface area (Å²) >= 11 is 0. The summed E-state index contributed by atoms with van der Waals surface area (Å²) < 4.78 is 255. The van der Waals surface area contributed by atoms with Crippen molar-refractivity contribution >= 4 is 47.8 Å². The molecule has 0 saturated carbocycles. The molecule has 14 nitrogen and oxygen atoms in total. The molecule has 366 valence electrons. The number of hydrogen-bond donors (Lipinski definition) is 0. The fourth-order valence-corrected chi connectivity index (χ4v) is 7.19.